The molecule has 7 heteroatoms. The van der Waals surface area contributed by atoms with E-state index in [1.165, 1.54) is 5.01 Å². The fourth-order valence-corrected chi connectivity index (χ4v) is 3.45. The largest absolute Gasteiger partial charge is 0.357 e. The molecule has 0 saturated carbocycles. The molecule has 1 saturated heterocycles. The Balaban J connectivity index is 1.68. The summed E-state index contributed by atoms with van der Waals surface area (Å²) < 4.78 is 0. The highest BCUT2D eigenvalue weighted by Gasteiger charge is 2.18. The minimum absolute atomic E-state index is 0.290. The number of nitrogens with zero attached hydrogens (tertiary/aromatic N) is 3. The van der Waals surface area contributed by atoms with E-state index in [2.05, 4.69) is 39.8 Å². The van der Waals surface area contributed by atoms with Crippen LogP contribution in [0.4, 0.5) is 0 Å². The van der Waals surface area contributed by atoms with E-state index in [4.69, 9.17) is 0 Å². The van der Waals surface area contributed by atoms with Gasteiger partial charge < -0.3 is 15.5 Å². The average molecular weight is 352 g/mol. The molecule has 24 heavy (non-hydrogen) atoms. The van der Waals surface area contributed by atoms with Crippen LogP contribution < -0.4 is 10.6 Å². The molecule has 0 radical (unpaired) electrons. The van der Waals surface area contributed by atoms with Crippen molar-refractivity contribution in [2.24, 2.45) is 4.99 Å². The van der Waals surface area contributed by atoms with Gasteiger partial charge in [0.1, 0.15) is 0 Å². The van der Waals surface area contributed by atoms with E-state index in [1.807, 2.05) is 4.90 Å². The van der Waals surface area contributed by atoms with Crippen molar-refractivity contribution < 1.29 is 4.79 Å². The minimum Gasteiger partial charge on any atom is -0.357 e. The van der Waals surface area contributed by atoms with Gasteiger partial charge in [0.25, 0.3) is 0 Å². The van der Waals surface area contributed by atoms with Crippen LogP contribution in [0.1, 0.15) is 43.8 Å². The van der Waals surface area contributed by atoms with Crippen LogP contribution in [0.3, 0.4) is 0 Å². The molecular formula is C17H29N5OS. The summed E-state index contributed by atoms with van der Waals surface area (Å²) in [4.78, 5) is 22.7. The van der Waals surface area contributed by atoms with Gasteiger partial charge in [-0.15, -0.1) is 11.3 Å². The molecule has 1 fully saturated rings. The van der Waals surface area contributed by atoms with E-state index >= 15 is 0 Å². The van der Waals surface area contributed by atoms with Crippen LogP contribution >= 0.6 is 11.3 Å². The quantitative estimate of drug-likeness (QED) is 0.404. The number of guanidine groups is 1. The summed E-state index contributed by atoms with van der Waals surface area (Å²) in [6.07, 6.45) is 4.53. The van der Waals surface area contributed by atoms with Gasteiger partial charge in [-0.2, -0.15) is 0 Å². The Kier molecular flexibility index (Phi) is 8.01. The molecule has 0 unspecified atom stereocenters. The Morgan fingerprint density at radius 2 is 2.29 bits per heavy atom. The third-order valence-corrected chi connectivity index (χ3v) is 4.99. The SMILES string of the molecule is CCNC(=NCCCN1CCCC1=O)NCCc1csc(CC)n1. The van der Waals surface area contributed by atoms with Gasteiger partial charge in [0.05, 0.1) is 10.7 Å². The molecule has 2 N–H and O–H groups in total. The lowest BCUT2D eigenvalue weighted by Crippen LogP contribution is -2.38. The predicted molar refractivity (Wildman–Crippen MR) is 99.6 cm³/mol. The Labute approximate surface area is 148 Å². The van der Waals surface area contributed by atoms with Crippen molar-refractivity contribution in [3.8, 4) is 0 Å². The van der Waals surface area contributed by atoms with Gasteiger partial charge in [0.15, 0.2) is 5.96 Å². The summed E-state index contributed by atoms with van der Waals surface area (Å²) >= 11 is 1.73. The highest BCUT2D eigenvalue weighted by atomic mass is 32.1. The van der Waals surface area contributed by atoms with Gasteiger partial charge in [0, 0.05) is 50.9 Å². The second-order valence-electron chi connectivity index (χ2n) is 5.86. The first-order chi connectivity index (χ1) is 11.7. The normalized spacial score (nSPS) is 15.2. The van der Waals surface area contributed by atoms with Crippen LogP contribution in [0.15, 0.2) is 10.4 Å². The minimum atomic E-state index is 0.290. The zero-order valence-electron chi connectivity index (χ0n) is 14.8. The number of likely N-dealkylation sites (tertiary alicyclic amines) is 1. The Morgan fingerprint density at radius 3 is 2.96 bits per heavy atom. The number of rotatable bonds is 9. The van der Waals surface area contributed by atoms with E-state index in [9.17, 15) is 4.79 Å². The Bertz CT molecular complexity index is 543. The molecule has 134 valence electrons. The number of aliphatic imine (C=N–C) groups is 1. The van der Waals surface area contributed by atoms with E-state index in [0.717, 1.165) is 70.1 Å². The summed E-state index contributed by atoms with van der Waals surface area (Å²) in [5.41, 5.74) is 1.15. The maximum Gasteiger partial charge on any atom is 0.222 e. The van der Waals surface area contributed by atoms with E-state index in [0.29, 0.717) is 12.3 Å². The Hall–Kier alpha value is -1.63. The van der Waals surface area contributed by atoms with Crippen molar-refractivity contribution in [1.82, 2.24) is 20.5 Å². The highest BCUT2D eigenvalue weighted by molar-refractivity contribution is 7.09. The lowest BCUT2D eigenvalue weighted by molar-refractivity contribution is -0.127. The molecule has 1 amide bonds. The summed E-state index contributed by atoms with van der Waals surface area (Å²) in [6, 6.07) is 0. The first kappa shape index (κ1) is 18.7. The number of nitrogens with one attached hydrogen (secondary N) is 2. The first-order valence-corrected chi connectivity index (χ1v) is 9.84. The number of aromatic nitrogens is 1. The second kappa shape index (κ2) is 10.3. The number of thiazole rings is 1. The van der Waals surface area contributed by atoms with Crippen LogP contribution in [0.5, 0.6) is 0 Å². The van der Waals surface area contributed by atoms with Crippen molar-refractivity contribution >= 4 is 23.2 Å². The molecule has 2 rings (SSSR count). The summed E-state index contributed by atoms with van der Waals surface area (Å²) in [7, 11) is 0. The fraction of sp³-hybridized carbons (Fsp3) is 0.706. The number of amides is 1. The molecule has 0 bridgehead atoms. The van der Waals surface area contributed by atoms with E-state index in [1.54, 1.807) is 11.3 Å². The molecule has 0 spiro atoms. The van der Waals surface area contributed by atoms with Gasteiger partial charge >= 0.3 is 0 Å². The molecule has 2 heterocycles. The van der Waals surface area contributed by atoms with Gasteiger partial charge in [-0.05, 0) is 26.2 Å². The van der Waals surface area contributed by atoms with Crippen molar-refractivity contribution in [3.63, 3.8) is 0 Å². The zero-order valence-corrected chi connectivity index (χ0v) is 15.6. The van der Waals surface area contributed by atoms with Crippen molar-refractivity contribution in [3.05, 3.63) is 16.1 Å². The molecule has 0 atom stereocenters. The van der Waals surface area contributed by atoms with Crippen molar-refractivity contribution in [1.29, 1.82) is 0 Å². The first-order valence-electron chi connectivity index (χ1n) is 8.96. The van der Waals surface area contributed by atoms with Crippen molar-refractivity contribution in [2.75, 3.05) is 32.7 Å². The zero-order chi connectivity index (χ0) is 17.2. The van der Waals surface area contributed by atoms with Crippen molar-refractivity contribution in [2.45, 2.75) is 46.0 Å². The maximum absolute atomic E-state index is 11.6. The summed E-state index contributed by atoms with van der Waals surface area (Å²) in [6.45, 7) is 8.32. The number of carbonyl (C=O) groups is 1. The highest BCUT2D eigenvalue weighted by Crippen LogP contribution is 2.10. The molecule has 1 aliphatic heterocycles. The van der Waals surface area contributed by atoms with Crippen LogP contribution in [0, 0.1) is 0 Å². The average Bonchev–Trinajstić information content (AvgIpc) is 3.20. The van der Waals surface area contributed by atoms with Gasteiger partial charge in [0.2, 0.25) is 5.91 Å². The molecule has 0 aliphatic carbocycles. The monoisotopic (exact) mass is 351 g/mol. The van der Waals surface area contributed by atoms with Crippen LogP contribution in [0.25, 0.3) is 0 Å². The lowest BCUT2D eigenvalue weighted by atomic mass is 10.3. The number of hydrogen-bond acceptors (Lipinski definition) is 4. The summed E-state index contributed by atoms with van der Waals surface area (Å²) in [5, 5.41) is 9.95. The van der Waals surface area contributed by atoms with Crippen LogP contribution in [0.2, 0.25) is 0 Å². The van der Waals surface area contributed by atoms with E-state index < -0.39 is 0 Å². The molecule has 6 nitrogen and oxygen atoms in total. The molecule has 1 aromatic heterocycles. The predicted octanol–water partition coefficient (Wildman–Crippen LogP) is 1.82. The Morgan fingerprint density at radius 1 is 1.42 bits per heavy atom. The van der Waals surface area contributed by atoms with Crippen LogP contribution in [-0.2, 0) is 17.6 Å². The number of hydrogen-bond donors (Lipinski definition) is 2. The fourth-order valence-electron chi connectivity index (χ4n) is 2.67. The number of carbonyl (C=O) groups excluding carboxylic acids is 1. The van der Waals surface area contributed by atoms with Gasteiger partial charge in [-0.1, -0.05) is 6.92 Å². The summed E-state index contributed by atoms with van der Waals surface area (Å²) in [5.74, 6) is 1.13. The lowest BCUT2D eigenvalue weighted by Gasteiger charge is -2.15. The van der Waals surface area contributed by atoms with Gasteiger partial charge in [-0.3, -0.25) is 9.79 Å². The second-order valence-corrected chi connectivity index (χ2v) is 6.80. The standard InChI is InChI=1S/C17H29N5OS/c1-3-15-21-14(13-24-15)8-10-20-17(18-4-2)19-9-6-12-22-11-5-7-16(22)23/h13H,3-12H2,1-2H3,(H2,18,19,20). The van der Waals surface area contributed by atoms with E-state index in [-0.39, 0.29) is 0 Å². The smallest absolute Gasteiger partial charge is 0.222 e. The molecule has 1 aliphatic rings. The van der Waals surface area contributed by atoms with Gasteiger partial charge in [-0.25, -0.2) is 4.98 Å². The third-order valence-electron chi connectivity index (χ3n) is 3.95. The molecule has 0 aromatic carbocycles. The topological polar surface area (TPSA) is 69.6 Å². The van der Waals surface area contributed by atoms with Crippen LogP contribution in [-0.4, -0.2) is 54.5 Å². The molecule has 1 aromatic rings. The number of aryl methyl sites for hydroxylation is 1. The molecular weight excluding hydrogens is 322 g/mol. The third kappa shape index (κ3) is 6.11. The maximum atomic E-state index is 11.6.